The van der Waals surface area contributed by atoms with Gasteiger partial charge < -0.3 is 10.4 Å². The molecule has 0 rings (SSSR count). The molecule has 0 aromatic carbocycles. The zero-order valence-corrected chi connectivity index (χ0v) is 10.5. The predicted molar refractivity (Wildman–Crippen MR) is 63.2 cm³/mol. The van der Waals surface area contributed by atoms with E-state index in [0.29, 0.717) is 6.42 Å². The maximum absolute atomic E-state index is 11.6. The van der Waals surface area contributed by atoms with Crippen LogP contribution < -0.4 is 5.32 Å². The molecular weight excluding hydrogens is 206 g/mol. The number of amides is 1. The van der Waals surface area contributed by atoms with Crippen molar-refractivity contribution in [2.75, 3.05) is 0 Å². The molecule has 0 aliphatic carbocycles. The van der Waals surface area contributed by atoms with E-state index >= 15 is 0 Å². The first-order valence-corrected chi connectivity index (χ1v) is 6.06. The number of hydrogen-bond donors (Lipinski definition) is 2. The molecule has 0 fully saturated rings. The zero-order valence-electron chi connectivity index (χ0n) is 10.5. The van der Waals surface area contributed by atoms with E-state index in [4.69, 9.17) is 5.11 Å². The molecule has 0 bridgehead atoms. The molecule has 0 saturated heterocycles. The van der Waals surface area contributed by atoms with Crippen LogP contribution in [0.2, 0.25) is 0 Å². The Kier molecular flexibility index (Phi) is 7.60. The van der Waals surface area contributed by atoms with E-state index in [2.05, 4.69) is 5.32 Å². The van der Waals surface area contributed by atoms with Gasteiger partial charge in [-0.1, -0.05) is 40.0 Å². The number of nitrogens with one attached hydrogen (secondary N) is 1. The number of carboxylic acids is 1. The van der Waals surface area contributed by atoms with Gasteiger partial charge in [-0.25, -0.2) is 4.79 Å². The van der Waals surface area contributed by atoms with Crippen LogP contribution in [0, 0.1) is 5.92 Å². The molecule has 2 unspecified atom stereocenters. The van der Waals surface area contributed by atoms with Crippen LogP contribution in [0.4, 0.5) is 0 Å². The summed E-state index contributed by atoms with van der Waals surface area (Å²) >= 11 is 0. The minimum Gasteiger partial charge on any atom is -0.480 e. The van der Waals surface area contributed by atoms with E-state index < -0.39 is 12.0 Å². The Labute approximate surface area is 97.4 Å². The topological polar surface area (TPSA) is 66.4 Å². The predicted octanol–water partition coefficient (Wildman–Crippen LogP) is 2.18. The minimum atomic E-state index is -0.939. The van der Waals surface area contributed by atoms with Crippen LogP contribution in [-0.4, -0.2) is 23.0 Å². The van der Waals surface area contributed by atoms with Crippen LogP contribution in [0.3, 0.4) is 0 Å². The van der Waals surface area contributed by atoms with Gasteiger partial charge in [0, 0.05) is 5.92 Å². The van der Waals surface area contributed by atoms with Gasteiger partial charge >= 0.3 is 5.97 Å². The van der Waals surface area contributed by atoms with Crippen molar-refractivity contribution >= 4 is 11.9 Å². The van der Waals surface area contributed by atoms with E-state index in [1.165, 1.54) is 0 Å². The zero-order chi connectivity index (χ0) is 12.6. The second-order valence-electron chi connectivity index (χ2n) is 4.23. The van der Waals surface area contributed by atoms with Gasteiger partial charge in [-0.15, -0.1) is 0 Å². The van der Waals surface area contributed by atoms with Crippen LogP contribution in [0.5, 0.6) is 0 Å². The number of unbranched alkanes of at least 4 members (excludes halogenated alkanes) is 1. The molecule has 0 radical (unpaired) electrons. The molecule has 0 aliphatic heterocycles. The first-order chi connectivity index (χ1) is 7.52. The first kappa shape index (κ1) is 14.9. The molecule has 16 heavy (non-hydrogen) atoms. The summed E-state index contributed by atoms with van der Waals surface area (Å²) < 4.78 is 0. The third kappa shape index (κ3) is 5.73. The van der Waals surface area contributed by atoms with E-state index in [0.717, 1.165) is 25.7 Å². The molecule has 0 spiro atoms. The standard InChI is InChI=1S/C12H23NO3/c1-4-6-8-10(12(15)16)13-11(14)9(3)7-5-2/h9-10H,4-8H2,1-3H3,(H,13,14)(H,15,16). The van der Waals surface area contributed by atoms with Gasteiger partial charge in [0.15, 0.2) is 0 Å². The number of rotatable bonds is 8. The molecule has 94 valence electrons. The van der Waals surface area contributed by atoms with E-state index in [1.807, 2.05) is 20.8 Å². The first-order valence-electron chi connectivity index (χ1n) is 6.06. The maximum Gasteiger partial charge on any atom is 0.326 e. The van der Waals surface area contributed by atoms with Crippen molar-refractivity contribution in [3.05, 3.63) is 0 Å². The lowest BCUT2D eigenvalue weighted by Crippen LogP contribution is -2.43. The molecule has 2 atom stereocenters. The van der Waals surface area contributed by atoms with Gasteiger partial charge in [-0.3, -0.25) is 4.79 Å². The molecular formula is C12H23NO3. The number of carbonyl (C=O) groups excluding carboxylic acids is 1. The third-order valence-corrected chi connectivity index (χ3v) is 2.63. The molecule has 0 heterocycles. The van der Waals surface area contributed by atoms with Gasteiger partial charge in [0.2, 0.25) is 5.91 Å². The van der Waals surface area contributed by atoms with E-state index in [9.17, 15) is 9.59 Å². The quantitative estimate of drug-likeness (QED) is 0.670. The number of carbonyl (C=O) groups is 2. The van der Waals surface area contributed by atoms with Crippen LogP contribution >= 0.6 is 0 Å². The van der Waals surface area contributed by atoms with Crippen LogP contribution in [0.15, 0.2) is 0 Å². The van der Waals surface area contributed by atoms with Gasteiger partial charge in [-0.2, -0.15) is 0 Å². The van der Waals surface area contributed by atoms with Crippen molar-refractivity contribution in [3.8, 4) is 0 Å². The summed E-state index contributed by atoms with van der Waals surface area (Å²) in [5.41, 5.74) is 0. The molecule has 0 aromatic heterocycles. The highest BCUT2D eigenvalue weighted by atomic mass is 16.4. The fourth-order valence-corrected chi connectivity index (χ4v) is 1.54. The molecule has 1 amide bonds. The van der Waals surface area contributed by atoms with Crippen molar-refractivity contribution in [2.24, 2.45) is 5.92 Å². The third-order valence-electron chi connectivity index (χ3n) is 2.63. The van der Waals surface area contributed by atoms with Crippen LogP contribution in [0.25, 0.3) is 0 Å². The highest BCUT2D eigenvalue weighted by Crippen LogP contribution is 2.07. The van der Waals surface area contributed by atoms with Crippen molar-refractivity contribution in [3.63, 3.8) is 0 Å². The lowest BCUT2D eigenvalue weighted by atomic mass is 10.0. The van der Waals surface area contributed by atoms with Crippen molar-refractivity contribution in [2.45, 2.75) is 58.9 Å². The van der Waals surface area contributed by atoms with Crippen molar-refractivity contribution < 1.29 is 14.7 Å². The van der Waals surface area contributed by atoms with Gasteiger partial charge in [0.1, 0.15) is 6.04 Å². The van der Waals surface area contributed by atoms with Crippen molar-refractivity contribution in [1.82, 2.24) is 5.32 Å². The summed E-state index contributed by atoms with van der Waals surface area (Å²) in [5.74, 6) is -1.19. The summed E-state index contributed by atoms with van der Waals surface area (Å²) in [6, 6.07) is -0.730. The normalized spacial score (nSPS) is 14.2. The van der Waals surface area contributed by atoms with Crippen molar-refractivity contribution in [1.29, 1.82) is 0 Å². The van der Waals surface area contributed by atoms with Crippen LogP contribution in [0.1, 0.15) is 52.9 Å². The van der Waals surface area contributed by atoms with Gasteiger partial charge in [0.05, 0.1) is 0 Å². The molecule has 0 aromatic rings. The molecule has 0 aliphatic rings. The molecule has 0 saturated carbocycles. The summed E-state index contributed by atoms with van der Waals surface area (Å²) in [4.78, 5) is 22.5. The fourth-order valence-electron chi connectivity index (χ4n) is 1.54. The Morgan fingerprint density at radius 1 is 1.19 bits per heavy atom. The molecule has 4 heteroatoms. The smallest absolute Gasteiger partial charge is 0.326 e. The summed E-state index contributed by atoms with van der Waals surface area (Å²) in [7, 11) is 0. The van der Waals surface area contributed by atoms with E-state index in [-0.39, 0.29) is 11.8 Å². The number of hydrogen-bond acceptors (Lipinski definition) is 2. The second kappa shape index (κ2) is 8.13. The highest BCUT2D eigenvalue weighted by molar-refractivity contribution is 5.84. The Bertz CT molecular complexity index is 228. The average molecular weight is 229 g/mol. The number of carboxylic acid groups (broad SMARTS) is 1. The van der Waals surface area contributed by atoms with E-state index in [1.54, 1.807) is 0 Å². The molecule has 2 N–H and O–H groups in total. The lowest BCUT2D eigenvalue weighted by molar-refractivity contribution is -0.142. The summed E-state index contributed by atoms with van der Waals surface area (Å²) in [5, 5.41) is 11.5. The number of aliphatic carboxylic acids is 1. The summed E-state index contributed by atoms with van der Waals surface area (Å²) in [6.45, 7) is 5.84. The second-order valence-corrected chi connectivity index (χ2v) is 4.23. The molecule has 4 nitrogen and oxygen atoms in total. The highest BCUT2D eigenvalue weighted by Gasteiger charge is 2.21. The Morgan fingerprint density at radius 2 is 1.81 bits per heavy atom. The Balaban J connectivity index is 4.17. The SMILES string of the molecule is CCCCC(NC(=O)C(C)CCC)C(=O)O. The lowest BCUT2D eigenvalue weighted by Gasteiger charge is -2.17. The monoisotopic (exact) mass is 229 g/mol. The Morgan fingerprint density at radius 3 is 2.25 bits per heavy atom. The van der Waals surface area contributed by atoms with Gasteiger partial charge in [-0.05, 0) is 12.8 Å². The Hall–Kier alpha value is -1.06. The maximum atomic E-state index is 11.6. The minimum absolute atomic E-state index is 0.103. The van der Waals surface area contributed by atoms with Gasteiger partial charge in [0.25, 0.3) is 0 Å². The van der Waals surface area contributed by atoms with Crippen LogP contribution in [-0.2, 0) is 9.59 Å². The largest absolute Gasteiger partial charge is 0.480 e. The fraction of sp³-hybridized carbons (Fsp3) is 0.833. The summed E-state index contributed by atoms with van der Waals surface area (Å²) in [6.07, 6.45) is 3.99. The average Bonchev–Trinajstić information content (AvgIpc) is 2.23.